The number of guanidine groups is 1. The third-order valence-corrected chi connectivity index (χ3v) is 6.55. The van der Waals surface area contributed by atoms with Gasteiger partial charge in [-0.25, -0.2) is 0 Å². The lowest BCUT2D eigenvalue weighted by Gasteiger charge is -2.32. The van der Waals surface area contributed by atoms with Crippen LogP contribution in [0, 0.1) is 5.41 Å². The highest BCUT2D eigenvalue weighted by Crippen LogP contribution is 2.41. The van der Waals surface area contributed by atoms with Gasteiger partial charge < -0.3 is 20.5 Å². The first-order valence-electron chi connectivity index (χ1n) is 10.0. The summed E-state index contributed by atoms with van der Waals surface area (Å²) in [6, 6.07) is 8.31. The van der Waals surface area contributed by atoms with Crippen molar-refractivity contribution in [3.8, 4) is 0 Å². The van der Waals surface area contributed by atoms with Crippen LogP contribution in [-0.4, -0.2) is 51.0 Å². The third kappa shape index (κ3) is 4.95. The van der Waals surface area contributed by atoms with Crippen LogP contribution in [0.15, 0.2) is 29.3 Å². The van der Waals surface area contributed by atoms with E-state index in [1.807, 2.05) is 19.2 Å². The Balaban J connectivity index is 1.61. The van der Waals surface area contributed by atoms with Gasteiger partial charge in [-0.2, -0.15) is 0 Å². The fourth-order valence-electron chi connectivity index (χ4n) is 4.48. The Kier molecular flexibility index (Phi) is 7.01. The molecule has 0 radical (unpaired) electrons. The summed E-state index contributed by atoms with van der Waals surface area (Å²) in [7, 11) is 1.81. The molecular weight excluding hydrogens is 362 g/mol. The lowest BCUT2D eigenvalue weighted by atomic mass is 9.79. The molecule has 27 heavy (non-hydrogen) atoms. The van der Waals surface area contributed by atoms with Crippen molar-refractivity contribution < 1.29 is 9.84 Å². The fourth-order valence-corrected chi connectivity index (χ4v) is 4.61. The monoisotopic (exact) mass is 393 g/mol. The van der Waals surface area contributed by atoms with Crippen molar-refractivity contribution in [2.24, 2.45) is 10.4 Å². The maximum absolute atomic E-state index is 9.40. The normalized spacial score (nSPS) is 24.9. The van der Waals surface area contributed by atoms with E-state index < -0.39 is 0 Å². The maximum atomic E-state index is 9.40. The van der Waals surface area contributed by atoms with Gasteiger partial charge >= 0.3 is 0 Å². The van der Waals surface area contributed by atoms with Crippen molar-refractivity contribution in [2.45, 2.75) is 43.9 Å². The molecular formula is C21H32ClN3O2. The summed E-state index contributed by atoms with van der Waals surface area (Å²) in [5.41, 5.74) is 1.50. The highest BCUT2D eigenvalue weighted by atomic mass is 35.5. The average molecular weight is 394 g/mol. The number of hydrogen-bond acceptors (Lipinski definition) is 3. The van der Waals surface area contributed by atoms with E-state index in [0.29, 0.717) is 6.61 Å². The summed E-state index contributed by atoms with van der Waals surface area (Å²) in [6.45, 7) is 3.29. The van der Waals surface area contributed by atoms with Crippen LogP contribution in [-0.2, 0) is 10.2 Å². The number of ether oxygens (including phenoxy) is 1. The minimum Gasteiger partial charge on any atom is -0.396 e. The molecule has 5 nitrogen and oxygen atoms in total. The van der Waals surface area contributed by atoms with E-state index in [4.69, 9.17) is 16.3 Å². The van der Waals surface area contributed by atoms with Crippen LogP contribution in [0.3, 0.4) is 0 Å². The van der Waals surface area contributed by atoms with Gasteiger partial charge in [0.2, 0.25) is 0 Å². The van der Waals surface area contributed by atoms with Crippen LogP contribution in [0.5, 0.6) is 0 Å². The van der Waals surface area contributed by atoms with Crippen LogP contribution in [0.4, 0.5) is 0 Å². The van der Waals surface area contributed by atoms with Crippen molar-refractivity contribution in [3.63, 3.8) is 0 Å². The molecule has 1 aliphatic heterocycles. The number of nitrogens with zero attached hydrogens (tertiary/aromatic N) is 1. The van der Waals surface area contributed by atoms with Crippen LogP contribution in [0.1, 0.15) is 44.1 Å². The van der Waals surface area contributed by atoms with Gasteiger partial charge in [-0.3, -0.25) is 4.99 Å². The predicted molar refractivity (Wildman–Crippen MR) is 111 cm³/mol. The Morgan fingerprint density at radius 1 is 1.15 bits per heavy atom. The molecule has 150 valence electrons. The molecule has 1 heterocycles. The van der Waals surface area contributed by atoms with Crippen molar-refractivity contribution in [2.75, 3.05) is 40.0 Å². The molecule has 1 saturated heterocycles. The standard InChI is InChI=1S/C21H32ClN3O2/c1-23-19(24-14-20(10-12-26)11-13-27-16-20)25-15-21(8-2-3-9-21)17-4-6-18(22)7-5-17/h4-7,26H,2-3,8-16H2,1H3,(H2,23,24,25). The molecule has 1 unspecified atom stereocenters. The molecule has 3 N–H and O–H groups in total. The molecule has 2 aliphatic rings. The first-order chi connectivity index (χ1) is 13.1. The Morgan fingerprint density at radius 2 is 1.85 bits per heavy atom. The molecule has 3 rings (SSSR count). The van der Waals surface area contributed by atoms with E-state index >= 15 is 0 Å². The number of rotatable bonds is 7. The highest BCUT2D eigenvalue weighted by molar-refractivity contribution is 6.30. The topological polar surface area (TPSA) is 65.9 Å². The van der Waals surface area contributed by atoms with Gasteiger partial charge in [0.15, 0.2) is 5.96 Å². The lowest BCUT2D eigenvalue weighted by Crippen LogP contribution is -2.48. The van der Waals surface area contributed by atoms with Crippen LogP contribution in [0.25, 0.3) is 0 Å². The third-order valence-electron chi connectivity index (χ3n) is 6.29. The molecule has 0 aromatic heterocycles. The predicted octanol–water partition coefficient (Wildman–Crippen LogP) is 3.11. The zero-order valence-corrected chi connectivity index (χ0v) is 17.0. The molecule has 1 aliphatic carbocycles. The van der Waals surface area contributed by atoms with E-state index in [0.717, 1.165) is 43.5 Å². The molecule has 1 atom stereocenters. The summed E-state index contributed by atoms with van der Waals surface area (Å²) in [5.74, 6) is 0.819. The zero-order valence-electron chi connectivity index (χ0n) is 16.3. The second-order valence-electron chi connectivity index (χ2n) is 8.05. The van der Waals surface area contributed by atoms with Crippen molar-refractivity contribution in [1.29, 1.82) is 0 Å². The SMILES string of the molecule is CN=C(NCC1(CCO)CCOC1)NCC1(c2ccc(Cl)cc2)CCCC1. The number of benzene rings is 1. The Labute approximate surface area is 167 Å². The minimum atomic E-state index is 0.00753. The second-order valence-corrected chi connectivity index (χ2v) is 8.49. The summed E-state index contributed by atoms with van der Waals surface area (Å²) in [6.07, 6.45) is 6.61. The minimum absolute atomic E-state index is 0.00753. The number of halogens is 1. The highest BCUT2D eigenvalue weighted by Gasteiger charge is 2.37. The molecule has 2 fully saturated rings. The average Bonchev–Trinajstić information content (AvgIpc) is 3.34. The van der Waals surface area contributed by atoms with Gasteiger partial charge in [-0.1, -0.05) is 36.6 Å². The Morgan fingerprint density at radius 3 is 2.44 bits per heavy atom. The number of aliphatic imine (C=N–C) groups is 1. The summed E-state index contributed by atoms with van der Waals surface area (Å²) in [4.78, 5) is 4.41. The van der Waals surface area contributed by atoms with Gasteiger partial charge in [0.05, 0.1) is 6.61 Å². The molecule has 0 bridgehead atoms. The molecule has 0 amide bonds. The molecule has 6 heteroatoms. The number of nitrogens with one attached hydrogen (secondary N) is 2. The van der Waals surface area contributed by atoms with E-state index in [-0.39, 0.29) is 17.4 Å². The second kappa shape index (κ2) is 9.26. The number of aliphatic hydroxyl groups is 1. The number of hydrogen-bond donors (Lipinski definition) is 3. The van der Waals surface area contributed by atoms with E-state index in [1.165, 1.54) is 31.2 Å². The molecule has 0 spiro atoms. The smallest absolute Gasteiger partial charge is 0.191 e. The van der Waals surface area contributed by atoms with Crippen LogP contribution < -0.4 is 10.6 Å². The van der Waals surface area contributed by atoms with Crippen LogP contribution >= 0.6 is 11.6 Å². The van der Waals surface area contributed by atoms with Crippen LogP contribution in [0.2, 0.25) is 5.02 Å². The first-order valence-corrected chi connectivity index (χ1v) is 10.4. The summed E-state index contributed by atoms with van der Waals surface area (Å²) < 4.78 is 5.58. The molecule has 1 saturated carbocycles. The summed E-state index contributed by atoms with van der Waals surface area (Å²) in [5, 5.41) is 17.2. The zero-order chi connectivity index (χ0) is 19.2. The largest absolute Gasteiger partial charge is 0.396 e. The van der Waals surface area contributed by atoms with Gasteiger partial charge in [-0.15, -0.1) is 0 Å². The fraction of sp³-hybridized carbons (Fsp3) is 0.667. The Bertz CT molecular complexity index is 621. The molecule has 1 aromatic rings. The van der Waals surface area contributed by atoms with Gasteiger partial charge in [0.1, 0.15) is 0 Å². The first kappa shape index (κ1) is 20.4. The van der Waals surface area contributed by atoms with Gasteiger partial charge in [-0.05, 0) is 43.4 Å². The van der Waals surface area contributed by atoms with Crippen molar-refractivity contribution in [1.82, 2.24) is 10.6 Å². The van der Waals surface area contributed by atoms with E-state index in [9.17, 15) is 5.11 Å². The van der Waals surface area contributed by atoms with Crippen molar-refractivity contribution >= 4 is 17.6 Å². The molecule has 1 aromatic carbocycles. The quantitative estimate of drug-likeness (QED) is 0.492. The van der Waals surface area contributed by atoms with Crippen molar-refractivity contribution in [3.05, 3.63) is 34.9 Å². The van der Waals surface area contributed by atoms with Gasteiger partial charge in [0.25, 0.3) is 0 Å². The van der Waals surface area contributed by atoms with E-state index in [1.54, 1.807) is 0 Å². The maximum Gasteiger partial charge on any atom is 0.191 e. The lowest BCUT2D eigenvalue weighted by molar-refractivity contribution is 0.127. The number of aliphatic hydroxyl groups excluding tert-OH is 1. The van der Waals surface area contributed by atoms with Gasteiger partial charge in [0, 0.05) is 49.2 Å². The Hall–Kier alpha value is -1.30. The summed E-state index contributed by atoms with van der Waals surface area (Å²) >= 11 is 6.08. The van der Waals surface area contributed by atoms with E-state index in [2.05, 4.69) is 27.8 Å².